The Bertz CT molecular complexity index is 2000. The summed E-state index contributed by atoms with van der Waals surface area (Å²) in [6, 6.07) is 41.9. The standard InChI is InChI=1S/C23H23BrO4.C23H24O4/c1-16-19(24)21(28-15-18-12-8-5-9-13-18)23(26-3)22(25-2)20(16)27-14-17-10-6-4-7-11-17;1-17-14-20(26-15-18-10-6-4-7-11-18)22(24-2)23(25-3)21(17)27-16-19-12-8-5-9-13-19/h4-13H,14-15H2,1-3H3;4-14H,15-16H2,1-3H3. The van der Waals surface area contributed by atoms with Crippen molar-refractivity contribution in [2.75, 3.05) is 28.4 Å². The molecular formula is C46H47BrO8. The molecule has 6 aromatic rings. The van der Waals surface area contributed by atoms with E-state index < -0.39 is 0 Å². The van der Waals surface area contributed by atoms with Gasteiger partial charge < -0.3 is 37.9 Å². The smallest absolute Gasteiger partial charge is 0.208 e. The number of aryl methyl sites for hydroxylation is 1. The highest BCUT2D eigenvalue weighted by molar-refractivity contribution is 9.10. The molecule has 0 radical (unpaired) electrons. The van der Waals surface area contributed by atoms with Crippen molar-refractivity contribution in [1.82, 2.24) is 0 Å². The van der Waals surface area contributed by atoms with Crippen molar-refractivity contribution in [2.24, 2.45) is 0 Å². The van der Waals surface area contributed by atoms with E-state index in [1.807, 2.05) is 141 Å². The van der Waals surface area contributed by atoms with Crippen LogP contribution in [-0.2, 0) is 26.4 Å². The van der Waals surface area contributed by atoms with E-state index in [0.29, 0.717) is 72.4 Å². The van der Waals surface area contributed by atoms with Crippen LogP contribution in [0.5, 0.6) is 46.0 Å². The number of halogens is 1. The predicted octanol–water partition coefficient (Wildman–Crippen LogP) is 11.1. The molecule has 0 aliphatic carbocycles. The molecule has 0 fully saturated rings. The fourth-order valence-electron chi connectivity index (χ4n) is 5.73. The summed E-state index contributed by atoms with van der Waals surface area (Å²) in [4.78, 5) is 0. The SMILES string of the molecule is COc1c(OCc2ccccc2)c(C)c(Br)c(OCc2ccccc2)c1OC.COc1c(OCc2ccccc2)cc(C)c(OCc2ccccc2)c1OC. The van der Waals surface area contributed by atoms with E-state index in [1.165, 1.54) is 0 Å². The van der Waals surface area contributed by atoms with Crippen molar-refractivity contribution in [1.29, 1.82) is 0 Å². The van der Waals surface area contributed by atoms with E-state index in [0.717, 1.165) is 37.9 Å². The first kappa shape index (κ1) is 40.4. The van der Waals surface area contributed by atoms with Crippen molar-refractivity contribution in [3.63, 3.8) is 0 Å². The summed E-state index contributed by atoms with van der Waals surface area (Å²) in [6.45, 7) is 5.68. The summed E-state index contributed by atoms with van der Waals surface area (Å²) in [7, 11) is 6.40. The Morgan fingerprint density at radius 1 is 0.382 bits per heavy atom. The molecule has 0 aliphatic heterocycles. The van der Waals surface area contributed by atoms with Crippen LogP contribution in [0.25, 0.3) is 0 Å². The Kier molecular flexibility index (Phi) is 15.1. The van der Waals surface area contributed by atoms with Crippen molar-refractivity contribution in [3.8, 4) is 46.0 Å². The number of hydrogen-bond donors (Lipinski definition) is 0. The summed E-state index contributed by atoms with van der Waals surface area (Å²) < 4.78 is 47.4. The quantitative estimate of drug-likeness (QED) is 0.0957. The molecule has 0 spiro atoms. The van der Waals surface area contributed by atoms with Gasteiger partial charge in [0.25, 0.3) is 0 Å². The lowest BCUT2D eigenvalue weighted by Gasteiger charge is -2.21. The molecule has 6 aromatic carbocycles. The lowest BCUT2D eigenvalue weighted by molar-refractivity contribution is 0.253. The minimum Gasteiger partial charge on any atom is -0.490 e. The fourth-order valence-corrected chi connectivity index (χ4v) is 6.21. The summed E-state index contributed by atoms with van der Waals surface area (Å²) in [6.07, 6.45) is 0. The summed E-state index contributed by atoms with van der Waals surface area (Å²) in [5, 5.41) is 0. The maximum absolute atomic E-state index is 6.10. The first-order valence-electron chi connectivity index (χ1n) is 17.7. The van der Waals surface area contributed by atoms with Gasteiger partial charge in [-0.25, -0.2) is 0 Å². The highest BCUT2D eigenvalue weighted by Crippen LogP contribution is 2.52. The van der Waals surface area contributed by atoms with Gasteiger partial charge in [0, 0.05) is 5.56 Å². The van der Waals surface area contributed by atoms with Crippen molar-refractivity contribution in [3.05, 3.63) is 165 Å². The van der Waals surface area contributed by atoms with Crippen LogP contribution in [0.4, 0.5) is 0 Å². The van der Waals surface area contributed by atoms with Crippen LogP contribution >= 0.6 is 15.9 Å². The largest absolute Gasteiger partial charge is 0.490 e. The molecule has 0 aromatic heterocycles. The predicted molar refractivity (Wildman–Crippen MR) is 219 cm³/mol. The van der Waals surface area contributed by atoms with Crippen LogP contribution in [0.3, 0.4) is 0 Å². The number of methoxy groups -OCH3 is 4. The van der Waals surface area contributed by atoms with Gasteiger partial charge in [-0.15, -0.1) is 0 Å². The van der Waals surface area contributed by atoms with Crippen molar-refractivity contribution >= 4 is 15.9 Å². The number of benzene rings is 6. The van der Waals surface area contributed by atoms with Gasteiger partial charge in [0.1, 0.15) is 26.4 Å². The zero-order chi connectivity index (χ0) is 39.0. The summed E-state index contributed by atoms with van der Waals surface area (Å²) >= 11 is 3.65. The Morgan fingerprint density at radius 2 is 0.709 bits per heavy atom. The highest BCUT2D eigenvalue weighted by atomic mass is 79.9. The van der Waals surface area contributed by atoms with Crippen LogP contribution in [0, 0.1) is 13.8 Å². The molecule has 0 amide bonds. The molecule has 0 atom stereocenters. The molecule has 0 saturated carbocycles. The molecule has 0 heterocycles. The van der Waals surface area contributed by atoms with Gasteiger partial charge in [0.2, 0.25) is 23.0 Å². The van der Waals surface area contributed by atoms with Crippen LogP contribution in [0.1, 0.15) is 33.4 Å². The molecule has 6 rings (SSSR count). The molecule has 286 valence electrons. The molecule has 0 bridgehead atoms. The monoisotopic (exact) mass is 806 g/mol. The maximum Gasteiger partial charge on any atom is 0.208 e. The average Bonchev–Trinajstić information content (AvgIpc) is 3.23. The zero-order valence-electron chi connectivity index (χ0n) is 32.1. The van der Waals surface area contributed by atoms with Crippen LogP contribution in [0.15, 0.2) is 132 Å². The second-order valence-electron chi connectivity index (χ2n) is 12.3. The molecule has 8 nitrogen and oxygen atoms in total. The Labute approximate surface area is 332 Å². The van der Waals surface area contributed by atoms with Gasteiger partial charge in [0.15, 0.2) is 23.0 Å². The van der Waals surface area contributed by atoms with E-state index in [-0.39, 0.29) is 0 Å². The molecule has 55 heavy (non-hydrogen) atoms. The minimum absolute atomic E-state index is 0.419. The lowest BCUT2D eigenvalue weighted by Crippen LogP contribution is -2.05. The van der Waals surface area contributed by atoms with E-state index >= 15 is 0 Å². The van der Waals surface area contributed by atoms with Gasteiger partial charge in [-0.05, 0) is 63.7 Å². The molecular weight excluding hydrogens is 760 g/mol. The third-order valence-electron chi connectivity index (χ3n) is 8.56. The number of hydrogen-bond acceptors (Lipinski definition) is 8. The normalized spacial score (nSPS) is 10.4. The minimum atomic E-state index is 0.419. The second-order valence-corrected chi connectivity index (χ2v) is 13.1. The summed E-state index contributed by atoms with van der Waals surface area (Å²) in [5.74, 6) is 4.59. The molecule has 0 saturated heterocycles. The molecule has 0 aliphatic rings. The third-order valence-corrected chi connectivity index (χ3v) is 9.52. The molecule has 0 N–H and O–H groups in total. The van der Waals surface area contributed by atoms with Crippen LogP contribution < -0.4 is 37.9 Å². The van der Waals surface area contributed by atoms with Gasteiger partial charge in [-0.2, -0.15) is 0 Å². The number of ether oxygens (including phenoxy) is 8. The first-order chi connectivity index (χ1) is 26.9. The lowest BCUT2D eigenvalue weighted by atomic mass is 10.1. The fraction of sp³-hybridized carbons (Fsp3) is 0.217. The summed E-state index contributed by atoms with van der Waals surface area (Å²) in [5.41, 5.74) is 6.12. The first-order valence-corrected chi connectivity index (χ1v) is 18.5. The van der Waals surface area contributed by atoms with Crippen LogP contribution in [0.2, 0.25) is 0 Å². The van der Waals surface area contributed by atoms with E-state index in [1.54, 1.807) is 28.4 Å². The van der Waals surface area contributed by atoms with Gasteiger partial charge in [-0.1, -0.05) is 121 Å². The Morgan fingerprint density at radius 3 is 1.11 bits per heavy atom. The van der Waals surface area contributed by atoms with E-state index in [9.17, 15) is 0 Å². The van der Waals surface area contributed by atoms with E-state index in [4.69, 9.17) is 37.9 Å². The zero-order valence-corrected chi connectivity index (χ0v) is 33.7. The van der Waals surface area contributed by atoms with Gasteiger partial charge in [-0.3, -0.25) is 0 Å². The number of rotatable bonds is 16. The van der Waals surface area contributed by atoms with E-state index in [2.05, 4.69) is 15.9 Å². The maximum atomic E-state index is 6.10. The topological polar surface area (TPSA) is 73.8 Å². The average molecular weight is 808 g/mol. The second kappa shape index (κ2) is 20.6. The Hall–Kier alpha value is -5.80. The highest BCUT2D eigenvalue weighted by Gasteiger charge is 2.25. The van der Waals surface area contributed by atoms with Crippen molar-refractivity contribution < 1.29 is 37.9 Å². The molecule has 0 unspecified atom stereocenters. The van der Waals surface area contributed by atoms with Gasteiger partial charge >= 0.3 is 0 Å². The molecule has 9 heteroatoms. The Balaban J connectivity index is 0.000000211. The van der Waals surface area contributed by atoms with Crippen LogP contribution in [-0.4, -0.2) is 28.4 Å². The van der Waals surface area contributed by atoms with Gasteiger partial charge in [0.05, 0.1) is 32.9 Å². The third kappa shape index (κ3) is 10.7. The van der Waals surface area contributed by atoms with Crippen molar-refractivity contribution in [2.45, 2.75) is 40.3 Å².